The molecule has 0 radical (unpaired) electrons. The van der Waals surface area contributed by atoms with E-state index in [4.69, 9.17) is 14.7 Å². The van der Waals surface area contributed by atoms with E-state index in [0.717, 1.165) is 71.4 Å². The number of carbonyl (C=O) groups excluding carboxylic acids is 1. The molecule has 4 N–H and O–H groups in total. The number of aryl methyl sites for hydroxylation is 1. The minimum absolute atomic E-state index is 0.0542. The maximum Gasteiger partial charge on any atom is 0.216 e. The van der Waals surface area contributed by atoms with E-state index in [-0.39, 0.29) is 18.1 Å². The lowest BCUT2D eigenvalue weighted by Gasteiger charge is -2.28. The number of amides is 1. The normalized spacial score (nSPS) is 14.8. The first-order valence-electron chi connectivity index (χ1n) is 13.6. The number of hydrogen-bond acceptors (Lipinski definition) is 6. The van der Waals surface area contributed by atoms with Crippen LogP contribution in [0.5, 0.6) is 0 Å². The van der Waals surface area contributed by atoms with Crippen LogP contribution in [0.25, 0.3) is 22.4 Å². The van der Waals surface area contributed by atoms with Crippen molar-refractivity contribution in [3.63, 3.8) is 0 Å². The maximum atomic E-state index is 11.3. The summed E-state index contributed by atoms with van der Waals surface area (Å²) in [5.41, 5.74) is 3.97. The number of nitrogens with one attached hydrogen (secondary N) is 4. The molecular weight excluding hydrogens is 556 g/mol. The van der Waals surface area contributed by atoms with Crippen LogP contribution in [0, 0.1) is 0 Å². The van der Waals surface area contributed by atoms with E-state index in [2.05, 4.69) is 61.1 Å². The molecular formula is C30H35BrN6O2. The van der Waals surface area contributed by atoms with Gasteiger partial charge in [0.1, 0.15) is 11.5 Å². The van der Waals surface area contributed by atoms with E-state index in [9.17, 15) is 4.79 Å². The third-order valence-electron chi connectivity index (χ3n) is 6.96. The summed E-state index contributed by atoms with van der Waals surface area (Å²) in [6.07, 6.45) is 3.82. The maximum absolute atomic E-state index is 11.3. The van der Waals surface area contributed by atoms with Crippen LogP contribution >= 0.6 is 15.9 Å². The number of benzene rings is 2. The first-order chi connectivity index (χ1) is 19.1. The number of halogens is 1. The van der Waals surface area contributed by atoms with Crippen molar-refractivity contribution in [2.75, 3.05) is 31.5 Å². The van der Waals surface area contributed by atoms with Gasteiger partial charge in [-0.15, -0.1) is 0 Å². The van der Waals surface area contributed by atoms with Gasteiger partial charge in [-0.1, -0.05) is 64.5 Å². The number of H-pyrrole nitrogens is 1. The van der Waals surface area contributed by atoms with Crippen molar-refractivity contribution in [1.29, 1.82) is 0 Å². The predicted octanol–water partition coefficient (Wildman–Crippen LogP) is 5.38. The Morgan fingerprint density at radius 2 is 1.85 bits per heavy atom. The zero-order valence-electron chi connectivity index (χ0n) is 22.2. The molecule has 1 atom stereocenters. The molecule has 204 valence electrons. The lowest BCUT2D eigenvalue weighted by Crippen LogP contribution is -2.33. The van der Waals surface area contributed by atoms with Gasteiger partial charge in [0.2, 0.25) is 5.91 Å². The van der Waals surface area contributed by atoms with Gasteiger partial charge in [-0.2, -0.15) is 0 Å². The smallest absolute Gasteiger partial charge is 0.216 e. The second-order valence-corrected chi connectivity index (χ2v) is 10.7. The van der Waals surface area contributed by atoms with Crippen molar-refractivity contribution in [2.24, 2.45) is 0 Å². The number of carbonyl (C=O) groups is 1. The number of hydrogen-bond donors (Lipinski definition) is 4. The van der Waals surface area contributed by atoms with Gasteiger partial charge in [0.05, 0.1) is 17.6 Å². The summed E-state index contributed by atoms with van der Waals surface area (Å²) in [6.45, 7) is 4.53. The Labute approximate surface area is 237 Å². The molecule has 2 aromatic heterocycles. The van der Waals surface area contributed by atoms with Gasteiger partial charge in [0.25, 0.3) is 0 Å². The number of piperidine rings is 1. The highest BCUT2D eigenvalue weighted by Crippen LogP contribution is 2.33. The van der Waals surface area contributed by atoms with E-state index >= 15 is 0 Å². The Kier molecular flexibility index (Phi) is 9.23. The number of nitrogens with zero attached hydrogens (tertiary/aromatic N) is 2. The Morgan fingerprint density at radius 3 is 2.62 bits per heavy atom. The van der Waals surface area contributed by atoms with Crippen LogP contribution in [0.3, 0.4) is 0 Å². The standard InChI is InChI=1S/C30H35BrN6O2/c1-20(38)33-17-18-34-29-24-19-26(35-30(24)37-28(36-29)22-8-3-2-4-9-22)27(39-23-13-15-32-16-14-23)12-11-21-7-5-6-10-25(21)31/h2-10,19,23,27,32H,11-18H2,1H3,(H,33,38)(H2,34,35,36,37). The Morgan fingerprint density at radius 1 is 1.08 bits per heavy atom. The lowest BCUT2D eigenvalue weighted by molar-refractivity contribution is -0.118. The van der Waals surface area contributed by atoms with Gasteiger partial charge in [-0.25, -0.2) is 9.97 Å². The fourth-order valence-electron chi connectivity index (χ4n) is 4.92. The molecule has 5 rings (SSSR count). The lowest BCUT2D eigenvalue weighted by atomic mass is 10.0. The monoisotopic (exact) mass is 590 g/mol. The molecule has 4 aromatic rings. The Bertz CT molecular complexity index is 1390. The summed E-state index contributed by atoms with van der Waals surface area (Å²) < 4.78 is 7.86. The molecule has 39 heavy (non-hydrogen) atoms. The molecule has 1 saturated heterocycles. The van der Waals surface area contributed by atoms with Gasteiger partial charge in [0, 0.05) is 35.7 Å². The molecule has 0 aliphatic carbocycles. The van der Waals surface area contributed by atoms with Gasteiger partial charge in [0.15, 0.2) is 5.82 Å². The minimum atomic E-state index is -0.109. The molecule has 1 aliphatic heterocycles. The molecule has 1 aliphatic rings. The summed E-state index contributed by atoms with van der Waals surface area (Å²) in [5.74, 6) is 1.32. The van der Waals surface area contributed by atoms with Crippen LogP contribution < -0.4 is 16.0 Å². The van der Waals surface area contributed by atoms with E-state index < -0.39 is 0 Å². The zero-order valence-corrected chi connectivity index (χ0v) is 23.8. The fraction of sp³-hybridized carbons (Fsp3) is 0.367. The van der Waals surface area contributed by atoms with Crippen molar-refractivity contribution < 1.29 is 9.53 Å². The van der Waals surface area contributed by atoms with E-state index in [1.165, 1.54) is 12.5 Å². The largest absolute Gasteiger partial charge is 0.369 e. The molecule has 0 bridgehead atoms. The number of anilines is 1. The van der Waals surface area contributed by atoms with Crippen LogP contribution in [-0.4, -0.2) is 53.1 Å². The highest BCUT2D eigenvalue weighted by Gasteiger charge is 2.24. The summed E-state index contributed by atoms with van der Waals surface area (Å²) in [4.78, 5) is 24.7. The van der Waals surface area contributed by atoms with E-state index in [1.807, 2.05) is 36.4 Å². The predicted molar refractivity (Wildman–Crippen MR) is 159 cm³/mol. The van der Waals surface area contributed by atoms with Crippen LogP contribution in [-0.2, 0) is 16.0 Å². The van der Waals surface area contributed by atoms with Crippen molar-refractivity contribution in [3.05, 3.63) is 76.4 Å². The number of fused-ring (bicyclic) bond motifs is 1. The molecule has 8 nitrogen and oxygen atoms in total. The van der Waals surface area contributed by atoms with Crippen molar-refractivity contribution in [2.45, 2.75) is 44.8 Å². The molecule has 1 amide bonds. The highest BCUT2D eigenvalue weighted by molar-refractivity contribution is 9.10. The second kappa shape index (κ2) is 13.2. The molecule has 0 saturated carbocycles. The molecule has 9 heteroatoms. The zero-order chi connectivity index (χ0) is 27.0. The Balaban J connectivity index is 1.47. The SMILES string of the molecule is CC(=O)NCCNc1nc(-c2ccccc2)nc2[nH]c(C(CCc3ccccc3Br)OC3CCNCC3)cc12. The quantitative estimate of drug-likeness (QED) is 0.175. The highest BCUT2D eigenvalue weighted by atomic mass is 79.9. The number of rotatable bonds is 11. The van der Waals surface area contributed by atoms with Gasteiger partial charge < -0.3 is 25.7 Å². The number of aromatic amines is 1. The van der Waals surface area contributed by atoms with E-state index in [0.29, 0.717) is 18.9 Å². The average Bonchev–Trinajstić information content (AvgIpc) is 3.39. The van der Waals surface area contributed by atoms with Crippen molar-refractivity contribution in [1.82, 2.24) is 25.6 Å². The van der Waals surface area contributed by atoms with Crippen LogP contribution in [0.15, 0.2) is 65.1 Å². The van der Waals surface area contributed by atoms with Crippen LogP contribution in [0.1, 0.15) is 43.5 Å². The van der Waals surface area contributed by atoms with Gasteiger partial charge >= 0.3 is 0 Å². The summed E-state index contributed by atoms with van der Waals surface area (Å²) in [5, 5.41) is 10.6. The van der Waals surface area contributed by atoms with Gasteiger partial charge in [-0.3, -0.25) is 4.79 Å². The molecule has 3 heterocycles. The fourth-order valence-corrected chi connectivity index (χ4v) is 5.41. The van der Waals surface area contributed by atoms with E-state index in [1.54, 1.807) is 0 Å². The van der Waals surface area contributed by atoms with Crippen LogP contribution in [0.2, 0.25) is 0 Å². The average molecular weight is 592 g/mol. The van der Waals surface area contributed by atoms with Crippen molar-refractivity contribution >= 4 is 38.7 Å². The minimum Gasteiger partial charge on any atom is -0.369 e. The molecule has 1 fully saturated rings. The first kappa shape index (κ1) is 27.3. The summed E-state index contributed by atoms with van der Waals surface area (Å²) >= 11 is 3.70. The molecule has 1 unspecified atom stereocenters. The van der Waals surface area contributed by atoms with Crippen molar-refractivity contribution in [3.8, 4) is 11.4 Å². The van der Waals surface area contributed by atoms with Gasteiger partial charge in [-0.05, 0) is 56.5 Å². The topological polar surface area (TPSA) is 104 Å². The summed E-state index contributed by atoms with van der Waals surface area (Å²) in [6, 6.07) is 20.4. The third kappa shape index (κ3) is 7.23. The number of ether oxygens (including phenoxy) is 1. The summed E-state index contributed by atoms with van der Waals surface area (Å²) in [7, 11) is 0. The third-order valence-corrected chi connectivity index (χ3v) is 7.73. The number of aromatic nitrogens is 3. The molecule has 0 spiro atoms. The van der Waals surface area contributed by atoms with Crippen LogP contribution in [0.4, 0.5) is 5.82 Å². The second-order valence-electron chi connectivity index (χ2n) is 9.86. The Hall–Kier alpha value is -3.27. The first-order valence-corrected chi connectivity index (χ1v) is 14.4. The molecule has 2 aromatic carbocycles.